The predicted octanol–water partition coefficient (Wildman–Crippen LogP) is 4.78. The summed E-state index contributed by atoms with van der Waals surface area (Å²) in [5.41, 5.74) is 1.60. The third kappa shape index (κ3) is 3.95. The quantitative estimate of drug-likeness (QED) is 0.799. The summed E-state index contributed by atoms with van der Waals surface area (Å²) in [5.74, 6) is 1.71. The van der Waals surface area contributed by atoms with Crippen molar-refractivity contribution >= 4 is 5.91 Å². The van der Waals surface area contributed by atoms with Gasteiger partial charge in [-0.15, -0.1) is 0 Å². The molecule has 0 unspecified atom stereocenters. The Morgan fingerprint density at radius 3 is 2.26 bits per heavy atom. The fraction of sp³-hybridized carbons (Fsp3) is 0.435. The van der Waals surface area contributed by atoms with Crippen LogP contribution in [0, 0.1) is 0 Å². The fourth-order valence-corrected chi connectivity index (χ4v) is 4.15. The molecule has 27 heavy (non-hydrogen) atoms. The number of amides is 1. The number of methoxy groups -OCH3 is 2. The third-order valence-electron chi connectivity index (χ3n) is 5.74. The van der Waals surface area contributed by atoms with Gasteiger partial charge in [0.25, 0.3) is 0 Å². The normalized spacial score (nSPS) is 17.0. The number of ether oxygens (including phenoxy) is 2. The van der Waals surface area contributed by atoms with Crippen LogP contribution in [0.15, 0.2) is 48.5 Å². The van der Waals surface area contributed by atoms with Crippen LogP contribution in [-0.4, -0.2) is 20.1 Å². The maximum Gasteiger partial charge on any atom is 0.231 e. The molecule has 3 rings (SSSR count). The van der Waals surface area contributed by atoms with Crippen molar-refractivity contribution in [2.45, 2.75) is 50.5 Å². The van der Waals surface area contributed by atoms with Crippen LogP contribution < -0.4 is 14.8 Å². The minimum atomic E-state index is -0.471. The van der Waals surface area contributed by atoms with Gasteiger partial charge in [-0.05, 0) is 43.5 Å². The maximum atomic E-state index is 13.5. The molecule has 4 nitrogen and oxygen atoms in total. The highest BCUT2D eigenvalue weighted by Crippen LogP contribution is 2.41. The summed E-state index contributed by atoms with van der Waals surface area (Å²) in [5, 5.41) is 3.26. The summed E-state index contributed by atoms with van der Waals surface area (Å²) >= 11 is 0. The molecule has 1 aliphatic rings. The second-order valence-electron chi connectivity index (χ2n) is 7.31. The highest BCUT2D eigenvalue weighted by molar-refractivity contribution is 5.88. The lowest BCUT2D eigenvalue weighted by Gasteiger charge is -2.37. The summed E-state index contributed by atoms with van der Waals surface area (Å²) in [6, 6.07) is 15.7. The summed E-state index contributed by atoms with van der Waals surface area (Å²) in [4.78, 5) is 13.5. The molecule has 0 aromatic heterocycles. The van der Waals surface area contributed by atoms with E-state index in [-0.39, 0.29) is 11.9 Å². The van der Waals surface area contributed by atoms with Crippen molar-refractivity contribution < 1.29 is 14.3 Å². The molecule has 0 aliphatic heterocycles. The molecule has 0 spiro atoms. The molecule has 1 aliphatic carbocycles. The molecule has 0 saturated heterocycles. The van der Waals surface area contributed by atoms with E-state index in [1.54, 1.807) is 14.2 Å². The van der Waals surface area contributed by atoms with E-state index in [9.17, 15) is 4.79 Å². The molecule has 1 saturated carbocycles. The first-order valence-corrected chi connectivity index (χ1v) is 9.69. The molecule has 4 heteroatoms. The third-order valence-corrected chi connectivity index (χ3v) is 5.74. The largest absolute Gasteiger partial charge is 0.497 e. The van der Waals surface area contributed by atoms with Crippen molar-refractivity contribution in [3.05, 3.63) is 59.7 Å². The van der Waals surface area contributed by atoms with Crippen molar-refractivity contribution in [1.82, 2.24) is 5.32 Å². The molecule has 0 heterocycles. The predicted molar refractivity (Wildman–Crippen MR) is 107 cm³/mol. The van der Waals surface area contributed by atoms with Crippen LogP contribution in [0.1, 0.15) is 56.2 Å². The van der Waals surface area contributed by atoms with Crippen LogP contribution in [0.3, 0.4) is 0 Å². The lowest BCUT2D eigenvalue weighted by molar-refractivity contribution is -0.128. The van der Waals surface area contributed by atoms with E-state index in [4.69, 9.17) is 9.47 Å². The number of carbonyl (C=O) groups excluding carboxylic acids is 1. The zero-order chi connectivity index (χ0) is 19.3. The van der Waals surface area contributed by atoms with E-state index in [1.807, 2.05) is 55.5 Å². The van der Waals surface area contributed by atoms with Crippen LogP contribution in [0.2, 0.25) is 0 Å². The van der Waals surface area contributed by atoms with Crippen LogP contribution in [0.5, 0.6) is 11.5 Å². The van der Waals surface area contributed by atoms with E-state index >= 15 is 0 Å². The van der Waals surface area contributed by atoms with Gasteiger partial charge in [0.05, 0.1) is 25.7 Å². The van der Waals surface area contributed by atoms with Gasteiger partial charge in [0, 0.05) is 5.56 Å². The van der Waals surface area contributed by atoms with Gasteiger partial charge in [0.1, 0.15) is 11.5 Å². The van der Waals surface area contributed by atoms with Gasteiger partial charge in [-0.1, -0.05) is 49.6 Å². The molecule has 144 valence electrons. The Bertz CT molecular complexity index is 763. The lowest BCUT2D eigenvalue weighted by Crippen LogP contribution is -2.46. The number of hydrogen-bond acceptors (Lipinski definition) is 3. The van der Waals surface area contributed by atoms with Gasteiger partial charge in [-0.25, -0.2) is 0 Å². The van der Waals surface area contributed by atoms with E-state index in [0.29, 0.717) is 0 Å². The summed E-state index contributed by atoms with van der Waals surface area (Å²) in [6.45, 7) is 2.01. The first kappa shape index (κ1) is 19.3. The van der Waals surface area contributed by atoms with Crippen LogP contribution in [0.4, 0.5) is 0 Å². The summed E-state index contributed by atoms with van der Waals surface area (Å²) in [7, 11) is 3.32. The summed E-state index contributed by atoms with van der Waals surface area (Å²) < 4.78 is 10.7. The van der Waals surface area contributed by atoms with Crippen molar-refractivity contribution in [3.8, 4) is 11.5 Å². The molecular weight excluding hydrogens is 338 g/mol. The summed E-state index contributed by atoms with van der Waals surface area (Å²) in [6.07, 6.45) is 5.09. The SMILES string of the molecule is COc1ccc(C2(C(=O)N[C@@H](C)c3ccccc3OC)CCCCC2)cc1. The van der Waals surface area contributed by atoms with E-state index in [0.717, 1.165) is 48.3 Å². The molecule has 1 fully saturated rings. The van der Waals surface area contributed by atoms with E-state index in [2.05, 4.69) is 5.32 Å². The van der Waals surface area contributed by atoms with Gasteiger partial charge in [0.15, 0.2) is 0 Å². The molecule has 1 N–H and O–H groups in total. The first-order chi connectivity index (χ1) is 13.1. The Morgan fingerprint density at radius 2 is 1.63 bits per heavy atom. The van der Waals surface area contributed by atoms with Crippen molar-refractivity contribution in [1.29, 1.82) is 0 Å². The maximum absolute atomic E-state index is 13.5. The van der Waals surface area contributed by atoms with Crippen molar-refractivity contribution in [3.63, 3.8) is 0 Å². The van der Waals surface area contributed by atoms with Gasteiger partial charge in [-0.3, -0.25) is 4.79 Å². The average Bonchev–Trinajstić information content (AvgIpc) is 2.74. The Balaban J connectivity index is 1.87. The minimum Gasteiger partial charge on any atom is -0.497 e. The van der Waals surface area contributed by atoms with Gasteiger partial charge >= 0.3 is 0 Å². The Morgan fingerprint density at radius 1 is 0.963 bits per heavy atom. The number of para-hydroxylation sites is 1. The van der Waals surface area contributed by atoms with Gasteiger partial charge in [0.2, 0.25) is 5.91 Å². The Labute approximate surface area is 161 Å². The Kier molecular flexibility index (Phi) is 6.04. The zero-order valence-corrected chi connectivity index (χ0v) is 16.5. The number of nitrogens with one attached hydrogen (secondary N) is 1. The standard InChI is InChI=1S/C23H29NO3/c1-17(20-9-5-6-10-21(20)27-3)24-22(25)23(15-7-4-8-16-23)18-11-13-19(26-2)14-12-18/h5-6,9-14,17H,4,7-8,15-16H2,1-3H3,(H,24,25)/t17-/m0/s1. The molecule has 2 aromatic rings. The van der Waals surface area contributed by atoms with Crippen molar-refractivity contribution in [2.75, 3.05) is 14.2 Å². The monoisotopic (exact) mass is 367 g/mol. The van der Waals surface area contributed by atoms with Crippen LogP contribution >= 0.6 is 0 Å². The Hall–Kier alpha value is -2.49. The number of carbonyl (C=O) groups is 1. The first-order valence-electron chi connectivity index (χ1n) is 9.69. The number of benzene rings is 2. The molecule has 0 bridgehead atoms. The second kappa shape index (κ2) is 8.47. The second-order valence-corrected chi connectivity index (χ2v) is 7.31. The molecule has 1 amide bonds. The molecular formula is C23H29NO3. The molecule has 0 radical (unpaired) electrons. The number of rotatable bonds is 6. The van der Waals surface area contributed by atoms with Crippen LogP contribution in [-0.2, 0) is 10.2 Å². The fourth-order valence-electron chi connectivity index (χ4n) is 4.15. The smallest absolute Gasteiger partial charge is 0.231 e. The molecule has 1 atom stereocenters. The minimum absolute atomic E-state index is 0.103. The van der Waals surface area contributed by atoms with Gasteiger partial charge in [-0.2, -0.15) is 0 Å². The molecule has 2 aromatic carbocycles. The zero-order valence-electron chi connectivity index (χ0n) is 16.5. The topological polar surface area (TPSA) is 47.6 Å². The van der Waals surface area contributed by atoms with Gasteiger partial charge < -0.3 is 14.8 Å². The lowest BCUT2D eigenvalue weighted by atomic mass is 9.68. The van der Waals surface area contributed by atoms with E-state index < -0.39 is 5.41 Å². The number of hydrogen-bond donors (Lipinski definition) is 1. The van der Waals surface area contributed by atoms with Crippen LogP contribution in [0.25, 0.3) is 0 Å². The average molecular weight is 367 g/mol. The highest BCUT2D eigenvalue weighted by Gasteiger charge is 2.41. The highest BCUT2D eigenvalue weighted by atomic mass is 16.5. The van der Waals surface area contributed by atoms with E-state index in [1.165, 1.54) is 6.42 Å². The van der Waals surface area contributed by atoms with Crippen molar-refractivity contribution in [2.24, 2.45) is 0 Å².